The molecule has 7 heteroatoms. The third-order valence-electron chi connectivity index (χ3n) is 3.34. The molecule has 0 saturated heterocycles. The van der Waals surface area contributed by atoms with Gasteiger partial charge in [-0.1, -0.05) is 24.3 Å². The van der Waals surface area contributed by atoms with Crippen LogP contribution in [0.5, 0.6) is 0 Å². The first-order valence-corrected chi connectivity index (χ1v) is 8.77. The number of anilines is 1. The average molecular weight is 333 g/mol. The number of hydrogen-bond acceptors (Lipinski definition) is 4. The minimum Gasteiger partial charge on any atom is -0.352 e. The second-order valence-electron chi connectivity index (χ2n) is 5.01. The Morgan fingerprint density at radius 3 is 2.57 bits per heavy atom. The van der Waals surface area contributed by atoms with E-state index in [1.807, 2.05) is 12.1 Å². The Morgan fingerprint density at radius 2 is 1.91 bits per heavy atom. The molecule has 2 aromatic rings. The minimum absolute atomic E-state index is 0.0836. The van der Waals surface area contributed by atoms with Crippen molar-refractivity contribution in [3.05, 3.63) is 60.4 Å². The van der Waals surface area contributed by atoms with Crippen LogP contribution in [0.4, 0.5) is 5.69 Å². The summed E-state index contributed by atoms with van der Waals surface area (Å²) in [6, 6.07) is 12.4. The zero-order valence-corrected chi connectivity index (χ0v) is 13.7. The Labute approximate surface area is 136 Å². The van der Waals surface area contributed by atoms with Gasteiger partial charge in [-0.3, -0.25) is 14.1 Å². The molecule has 1 heterocycles. The maximum absolute atomic E-state index is 12.2. The van der Waals surface area contributed by atoms with E-state index in [0.717, 1.165) is 5.56 Å². The molecule has 122 valence electrons. The molecule has 0 bridgehead atoms. The number of aromatic nitrogens is 1. The lowest BCUT2D eigenvalue weighted by Crippen LogP contribution is -2.32. The SMILES string of the molecule is CN(c1ccccc1)S(=O)(=O)CCC(=O)NCc1cccnc1. The maximum Gasteiger partial charge on any atom is 0.235 e. The van der Waals surface area contributed by atoms with Crippen LogP contribution in [-0.4, -0.2) is 32.1 Å². The van der Waals surface area contributed by atoms with E-state index in [0.29, 0.717) is 12.2 Å². The van der Waals surface area contributed by atoms with Crippen molar-refractivity contribution in [2.24, 2.45) is 0 Å². The van der Waals surface area contributed by atoms with E-state index < -0.39 is 10.0 Å². The van der Waals surface area contributed by atoms with E-state index >= 15 is 0 Å². The largest absolute Gasteiger partial charge is 0.352 e. The van der Waals surface area contributed by atoms with Crippen LogP contribution < -0.4 is 9.62 Å². The Bertz CT molecular complexity index is 734. The van der Waals surface area contributed by atoms with Gasteiger partial charge in [0.05, 0.1) is 11.4 Å². The van der Waals surface area contributed by atoms with Crippen LogP contribution in [0.15, 0.2) is 54.9 Å². The van der Waals surface area contributed by atoms with E-state index in [1.165, 1.54) is 11.4 Å². The van der Waals surface area contributed by atoms with E-state index in [2.05, 4.69) is 10.3 Å². The molecule has 1 aromatic heterocycles. The molecule has 0 aliphatic heterocycles. The quantitative estimate of drug-likeness (QED) is 0.834. The molecular formula is C16H19N3O3S. The Kier molecular flexibility index (Phi) is 5.70. The fourth-order valence-electron chi connectivity index (χ4n) is 1.95. The van der Waals surface area contributed by atoms with E-state index in [4.69, 9.17) is 0 Å². The Balaban J connectivity index is 1.85. The third kappa shape index (κ3) is 5.07. The highest BCUT2D eigenvalue weighted by molar-refractivity contribution is 7.92. The van der Waals surface area contributed by atoms with Crippen molar-refractivity contribution >= 4 is 21.6 Å². The van der Waals surface area contributed by atoms with Crippen molar-refractivity contribution in [2.45, 2.75) is 13.0 Å². The standard InChI is InChI=1S/C16H19N3O3S/c1-19(15-7-3-2-4-8-15)23(21,22)11-9-16(20)18-13-14-6-5-10-17-12-14/h2-8,10,12H,9,11,13H2,1H3,(H,18,20). The van der Waals surface area contributed by atoms with Gasteiger partial charge in [0.25, 0.3) is 0 Å². The van der Waals surface area contributed by atoms with Gasteiger partial charge in [0.15, 0.2) is 0 Å². The zero-order valence-electron chi connectivity index (χ0n) is 12.8. The average Bonchev–Trinajstić information content (AvgIpc) is 2.59. The summed E-state index contributed by atoms with van der Waals surface area (Å²) in [5.41, 5.74) is 1.44. The Morgan fingerprint density at radius 1 is 1.17 bits per heavy atom. The number of pyridine rings is 1. The number of carbonyl (C=O) groups excluding carboxylic acids is 1. The number of carbonyl (C=O) groups is 1. The number of benzene rings is 1. The number of nitrogens with one attached hydrogen (secondary N) is 1. The molecule has 0 unspecified atom stereocenters. The number of para-hydroxylation sites is 1. The highest BCUT2D eigenvalue weighted by Crippen LogP contribution is 2.15. The normalized spacial score (nSPS) is 11.0. The smallest absolute Gasteiger partial charge is 0.235 e. The van der Waals surface area contributed by atoms with Crippen LogP contribution in [-0.2, 0) is 21.4 Å². The molecule has 6 nitrogen and oxygen atoms in total. The van der Waals surface area contributed by atoms with E-state index in [-0.39, 0.29) is 18.1 Å². The molecule has 0 spiro atoms. The molecule has 0 aliphatic rings. The van der Waals surface area contributed by atoms with Gasteiger partial charge in [0, 0.05) is 32.4 Å². The van der Waals surface area contributed by atoms with Crippen molar-refractivity contribution < 1.29 is 13.2 Å². The monoisotopic (exact) mass is 333 g/mol. The minimum atomic E-state index is -3.53. The van der Waals surface area contributed by atoms with Gasteiger partial charge < -0.3 is 5.32 Å². The second kappa shape index (κ2) is 7.73. The predicted octanol–water partition coefficient (Wildman–Crippen LogP) is 1.55. The highest BCUT2D eigenvalue weighted by Gasteiger charge is 2.19. The van der Waals surface area contributed by atoms with Crippen LogP contribution in [0.3, 0.4) is 0 Å². The van der Waals surface area contributed by atoms with Gasteiger partial charge in [-0.2, -0.15) is 0 Å². The fourth-order valence-corrected chi connectivity index (χ4v) is 3.11. The van der Waals surface area contributed by atoms with Crippen LogP contribution in [0.1, 0.15) is 12.0 Å². The summed E-state index contributed by atoms with van der Waals surface area (Å²) >= 11 is 0. The van der Waals surface area contributed by atoms with Crippen LogP contribution in [0, 0.1) is 0 Å². The van der Waals surface area contributed by atoms with Gasteiger partial charge in [0.2, 0.25) is 15.9 Å². The molecule has 0 fully saturated rings. The summed E-state index contributed by atoms with van der Waals surface area (Å²) in [6.07, 6.45) is 3.22. The van der Waals surface area contributed by atoms with Gasteiger partial charge >= 0.3 is 0 Å². The molecule has 1 amide bonds. The summed E-state index contributed by atoms with van der Waals surface area (Å²) in [7, 11) is -2.05. The fraction of sp³-hybridized carbons (Fsp3) is 0.250. The number of sulfonamides is 1. The topological polar surface area (TPSA) is 79.4 Å². The summed E-state index contributed by atoms with van der Waals surface area (Å²) < 4.78 is 25.7. The predicted molar refractivity (Wildman–Crippen MR) is 89.3 cm³/mol. The van der Waals surface area contributed by atoms with E-state index in [9.17, 15) is 13.2 Å². The number of rotatable bonds is 7. The van der Waals surface area contributed by atoms with Crippen LogP contribution in [0.25, 0.3) is 0 Å². The van der Waals surface area contributed by atoms with Crippen LogP contribution >= 0.6 is 0 Å². The third-order valence-corrected chi connectivity index (χ3v) is 5.10. The summed E-state index contributed by atoms with van der Waals surface area (Å²) in [5, 5.41) is 2.69. The van der Waals surface area contributed by atoms with Crippen molar-refractivity contribution in [3.8, 4) is 0 Å². The van der Waals surface area contributed by atoms with Gasteiger partial charge in [-0.25, -0.2) is 8.42 Å². The first-order valence-electron chi connectivity index (χ1n) is 7.16. The van der Waals surface area contributed by atoms with Crippen molar-refractivity contribution in [1.82, 2.24) is 10.3 Å². The molecule has 0 aliphatic carbocycles. The number of nitrogens with zero attached hydrogens (tertiary/aromatic N) is 2. The summed E-state index contributed by atoms with van der Waals surface area (Å²) in [5.74, 6) is -0.545. The molecule has 0 radical (unpaired) electrons. The highest BCUT2D eigenvalue weighted by atomic mass is 32.2. The lowest BCUT2D eigenvalue weighted by Gasteiger charge is -2.19. The van der Waals surface area contributed by atoms with E-state index in [1.54, 1.807) is 42.7 Å². The zero-order chi connectivity index (χ0) is 16.7. The molecule has 1 aromatic carbocycles. The number of amides is 1. The van der Waals surface area contributed by atoms with Crippen molar-refractivity contribution in [3.63, 3.8) is 0 Å². The number of hydrogen-bond donors (Lipinski definition) is 1. The molecular weight excluding hydrogens is 314 g/mol. The van der Waals surface area contributed by atoms with Crippen molar-refractivity contribution in [2.75, 3.05) is 17.1 Å². The van der Waals surface area contributed by atoms with Crippen LogP contribution in [0.2, 0.25) is 0 Å². The Hall–Kier alpha value is -2.41. The first-order chi connectivity index (χ1) is 11.0. The van der Waals surface area contributed by atoms with Gasteiger partial charge in [-0.05, 0) is 23.8 Å². The molecule has 0 saturated carbocycles. The summed E-state index contributed by atoms with van der Waals surface area (Å²) in [4.78, 5) is 15.8. The van der Waals surface area contributed by atoms with Gasteiger partial charge in [-0.15, -0.1) is 0 Å². The lowest BCUT2D eigenvalue weighted by molar-refractivity contribution is -0.120. The molecule has 23 heavy (non-hydrogen) atoms. The maximum atomic E-state index is 12.2. The summed E-state index contributed by atoms with van der Waals surface area (Å²) in [6.45, 7) is 0.335. The second-order valence-corrected chi connectivity index (χ2v) is 7.13. The first kappa shape index (κ1) is 17.0. The lowest BCUT2D eigenvalue weighted by atomic mass is 10.3. The molecule has 2 rings (SSSR count). The molecule has 0 atom stereocenters. The van der Waals surface area contributed by atoms with Gasteiger partial charge in [0.1, 0.15) is 0 Å². The van der Waals surface area contributed by atoms with Crippen molar-refractivity contribution in [1.29, 1.82) is 0 Å². The molecule has 1 N–H and O–H groups in total.